The number of hydrogen-bond donors (Lipinski definition) is 0. The van der Waals surface area contributed by atoms with Crippen LogP contribution in [0.25, 0.3) is 28.1 Å². The van der Waals surface area contributed by atoms with Crippen LogP contribution in [0.2, 0.25) is 0 Å². The minimum absolute atomic E-state index is 0.105. The lowest BCUT2D eigenvalue weighted by atomic mass is 9.96. The lowest BCUT2D eigenvalue weighted by Gasteiger charge is -2.11. The first-order valence-corrected chi connectivity index (χ1v) is 11.2. The van der Waals surface area contributed by atoms with E-state index in [1.165, 1.54) is 24.3 Å². The van der Waals surface area contributed by atoms with E-state index in [1.807, 2.05) is 0 Å². The molecule has 0 fully saturated rings. The van der Waals surface area contributed by atoms with Crippen LogP contribution in [-0.2, 0) is 12.8 Å². The molecule has 0 N–H and O–H groups in total. The molecule has 0 aliphatic carbocycles. The zero-order valence-electron chi connectivity index (χ0n) is 19.6. The first-order valence-electron chi connectivity index (χ1n) is 11.2. The smallest absolute Gasteiger partial charge is 0.194 e. The summed E-state index contributed by atoms with van der Waals surface area (Å²) in [4.78, 5) is 0. The number of rotatable bonds is 6. The Morgan fingerprint density at radius 1 is 0.579 bits per heavy atom. The number of benzene rings is 4. The zero-order chi connectivity index (χ0) is 27.7. The molecule has 0 atom stereocenters. The molecule has 4 aromatic rings. The molecule has 196 valence electrons. The summed E-state index contributed by atoms with van der Waals surface area (Å²) in [6.07, 6.45) is 0.269. The highest BCUT2D eigenvalue weighted by Gasteiger charge is 2.20. The van der Waals surface area contributed by atoms with E-state index in [2.05, 4.69) is 0 Å². The fourth-order valence-electron chi connectivity index (χ4n) is 4.02. The molecule has 0 spiro atoms. The Morgan fingerprint density at radius 3 is 1.74 bits per heavy atom. The van der Waals surface area contributed by atoms with Crippen molar-refractivity contribution in [3.63, 3.8) is 0 Å². The summed E-state index contributed by atoms with van der Waals surface area (Å²) in [6, 6.07) is 9.66. The van der Waals surface area contributed by atoms with Crippen LogP contribution in [0.3, 0.4) is 0 Å². The Hall–Kier alpha value is -4.01. The van der Waals surface area contributed by atoms with Gasteiger partial charge in [-0.2, -0.15) is 0 Å². The largest absolute Gasteiger partial charge is 0.209 e. The molecule has 0 saturated heterocycles. The molecule has 0 amide bonds. The third kappa shape index (κ3) is 5.46. The van der Waals surface area contributed by atoms with Gasteiger partial charge in [-0.15, -0.1) is 0 Å². The van der Waals surface area contributed by atoms with Crippen LogP contribution in [0, 0.1) is 40.7 Å². The maximum Gasteiger partial charge on any atom is 0.194 e. The highest BCUT2D eigenvalue weighted by molar-refractivity contribution is 5.72. The van der Waals surface area contributed by atoms with Crippen molar-refractivity contribution in [2.75, 3.05) is 0 Å². The van der Waals surface area contributed by atoms with Gasteiger partial charge in [0.2, 0.25) is 0 Å². The van der Waals surface area contributed by atoms with Gasteiger partial charge in [0, 0.05) is 11.1 Å². The molecule has 0 unspecified atom stereocenters. The van der Waals surface area contributed by atoms with Gasteiger partial charge in [-0.3, -0.25) is 0 Å². The van der Waals surface area contributed by atoms with Gasteiger partial charge in [0.05, 0.1) is 5.56 Å². The van der Waals surface area contributed by atoms with Gasteiger partial charge in [0.1, 0.15) is 29.1 Å². The summed E-state index contributed by atoms with van der Waals surface area (Å²) >= 11 is 0. The molecular formula is C29H17F9. The summed E-state index contributed by atoms with van der Waals surface area (Å²) in [6.45, 7) is 0.907. The molecule has 38 heavy (non-hydrogen) atoms. The van der Waals surface area contributed by atoms with Crippen molar-refractivity contribution < 1.29 is 39.5 Å². The van der Waals surface area contributed by atoms with E-state index in [4.69, 9.17) is 0 Å². The average Bonchev–Trinajstić information content (AvgIpc) is 2.85. The third-order valence-electron chi connectivity index (χ3n) is 5.95. The molecule has 4 aromatic carbocycles. The molecule has 0 saturated carbocycles. The first kappa shape index (κ1) is 27.0. The van der Waals surface area contributed by atoms with Gasteiger partial charge in [0.15, 0.2) is 23.3 Å². The van der Waals surface area contributed by atoms with Crippen LogP contribution in [0.5, 0.6) is 0 Å². The van der Waals surface area contributed by atoms with Gasteiger partial charge in [0.25, 0.3) is 0 Å². The van der Waals surface area contributed by atoms with Crippen molar-refractivity contribution in [3.8, 4) is 22.3 Å². The van der Waals surface area contributed by atoms with Crippen LogP contribution in [0.4, 0.5) is 39.5 Å². The molecule has 9 heteroatoms. The normalized spacial score (nSPS) is 12.1. The van der Waals surface area contributed by atoms with E-state index in [1.54, 1.807) is 0 Å². The van der Waals surface area contributed by atoms with Crippen molar-refractivity contribution in [1.29, 1.82) is 0 Å². The van der Waals surface area contributed by atoms with E-state index in [-0.39, 0.29) is 35.1 Å². The Morgan fingerprint density at radius 2 is 1.18 bits per heavy atom. The second-order valence-corrected chi connectivity index (χ2v) is 8.54. The van der Waals surface area contributed by atoms with Crippen molar-refractivity contribution >= 4 is 5.83 Å². The average molecular weight is 536 g/mol. The van der Waals surface area contributed by atoms with Crippen molar-refractivity contribution in [3.05, 3.63) is 124 Å². The molecule has 0 nitrogen and oxygen atoms in total. The topological polar surface area (TPSA) is 0 Å². The monoisotopic (exact) mass is 536 g/mol. The van der Waals surface area contributed by atoms with Gasteiger partial charge in [-0.25, -0.2) is 39.5 Å². The summed E-state index contributed by atoms with van der Waals surface area (Å²) in [5.41, 5.74) is -1.39. The maximum absolute atomic E-state index is 14.9. The Balaban J connectivity index is 1.56. The number of hydrogen-bond acceptors (Lipinski definition) is 0. The quantitative estimate of drug-likeness (QED) is 0.170. The van der Waals surface area contributed by atoms with Crippen LogP contribution < -0.4 is 0 Å². The lowest BCUT2D eigenvalue weighted by molar-refractivity contribution is 0.447. The minimum atomic E-state index is -1.79. The molecule has 0 heterocycles. The van der Waals surface area contributed by atoms with Crippen LogP contribution in [0.1, 0.15) is 23.6 Å². The minimum Gasteiger partial charge on any atom is -0.209 e. The molecular weight excluding hydrogens is 519 g/mol. The van der Waals surface area contributed by atoms with Crippen molar-refractivity contribution in [2.45, 2.75) is 19.8 Å². The number of halogens is 9. The summed E-state index contributed by atoms with van der Waals surface area (Å²) < 4.78 is 126. The van der Waals surface area contributed by atoms with Gasteiger partial charge >= 0.3 is 0 Å². The SMILES string of the molecule is C/C(F)=C(\F)c1ccc(CCc2ccc(-c3cc(F)c(-c4cc(F)c(F)c(F)c4)c(F)c3)c(F)c2)c(F)c1. The van der Waals surface area contributed by atoms with E-state index in [9.17, 15) is 39.5 Å². The predicted octanol–water partition coefficient (Wildman–Crippen LogP) is 9.41. The standard InChI is InChI=1S/C29H17F9/c1-14(30)28(37)17-6-5-16(21(31)9-17)4-2-15-3-7-20(22(32)8-15)18-10-23(33)27(24(34)11-18)19-12-25(35)29(38)26(36)13-19/h3,5-13H,2,4H2,1H3/b28-14+. The molecule has 0 aliphatic heterocycles. The number of allylic oxidation sites excluding steroid dienone is 1. The summed E-state index contributed by atoms with van der Waals surface area (Å²) in [5.74, 6) is -11.4. The Bertz CT molecular complexity index is 1520. The highest BCUT2D eigenvalue weighted by Crippen LogP contribution is 2.34. The molecule has 0 aromatic heterocycles. The van der Waals surface area contributed by atoms with Crippen molar-refractivity contribution in [1.82, 2.24) is 0 Å². The predicted molar refractivity (Wildman–Crippen MR) is 126 cm³/mol. The van der Waals surface area contributed by atoms with E-state index in [0.29, 0.717) is 17.7 Å². The van der Waals surface area contributed by atoms with E-state index < -0.39 is 63.5 Å². The summed E-state index contributed by atoms with van der Waals surface area (Å²) in [7, 11) is 0. The van der Waals surface area contributed by atoms with Gasteiger partial charge < -0.3 is 0 Å². The van der Waals surface area contributed by atoms with Crippen LogP contribution in [-0.4, -0.2) is 0 Å². The Labute approximate surface area is 211 Å². The maximum atomic E-state index is 14.9. The molecule has 0 aliphatic rings. The fourth-order valence-corrected chi connectivity index (χ4v) is 4.02. The van der Waals surface area contributed by atoms with Gasteiger partial charge in [-0.1, -0.05) is 24.3 Å². The van der Waals surface area contributed by atoms with Crippen molar-refractivity contribution in [2.24, 2.45) is 0 Å². The van der Waals surface area contributed by atoms with E-state index >= 15 is 0 Å². The van der Waals surface area contributed by atoms with Crippen LogP contribution >= 0.6 is 0 Å². The highest BCUT2D eigenvalue weighted by atomic mass is 19.2. The molecule has 0 radical (unpaired) electrons. The third-order valence-corrected chi connectivity index (χ3v) is 5.95. The Kier molecular flexibility index (Phi) is 7.66. The molecule has 4 rings (SSSR count). The van der Waals surface area contributed by atoms with Crippen LogP contribution in [0.15, 0.2) is 66.5 Å². The second kappa shape index (κ2) is 10.8. The second-order valence-electron chi connectivity index (χ2n) is 8.54. The summed E-state index contributed by atoms with van der Waals surface area (Å²) in [5, 5.41) is 0. The zero-order valence-corrected chi connectivity index (χ0v) is 19.6. The van der Waals surface area contributed by atoms with E-state index in [0.717, 1.165) is 31.2 Å². The first-order chi connectivity index (χ1) is 18.0. The fraction of sp³-hybridized carbons (Fsp3) is 0.103. The lowest BCUT2D eigenvalue weighted by Crippen LogP contribution is -1.99. The molecule has 0 bridgehead atoms. The van der Waals surface area contributed by atoms with Gasteiger partial charge in [-0.05, 0) is 78.4 Å². The number of aryl methyl sites for hydroxylation is 2.